The zero-order valence-electron chi connectivity index (χ0n) is 11.2. The van der Waals surface area contributed by atoms with Crippen molar-refractivity contribution in [3.05, 3.63) is 0 Å². The largest absolute Gasteiger partial charge is 0.368 e. The third-order valence-electron chi connectivity index (χ3n) is 3.99. The minimum Gasteiger partial charge on any atom is -0.368 e. The molecule has 1 atom stereocenters. The van der Waals surface area contributed by atoms with Crippen LogP contribution < -0.4 is 10.6 Å². The van der Waals surface area contributed by atoms with Gasteiger partial charge in [-0.2, -0.15) is 0 Å². The molecule has 2 N–H and O–H groups in total. The van der Waals surface area contributed by atoms with Gasteiger partial charge in [0.25, 0.3) is 0 Å². The molecule has 1 unspecified atom stereocenters. The van der Waals surface area contributed by atoms with Crippen molar-refractivity contribution in [1.82, 2.24) is 10.6 Å². The minimum absolute atomic E-state index is 0.0474. The molecule has 1 aliphatic heterocycles. The molecule has 1 saturated heterocycles. The van der Waals surface area contributed by atoms with Crippen LogP contribution >= 0.6 is 0 Å². The topological polar surface area (TPSA) is 50.4 Å². The maximum absolute atomic E-state index is 11.7. The first kappa shape index (κ1) is 13.8. The molecule has 0 bridgehead atoms. The average molecular weight is 254 g/mol. The van der Waals surface area contributed by atoms with Gasteiger partial charge < -0.3 is 15.4 Å². The molecule has 2 fully saturated rings. The Bertz CT molecular complexity index is 222. The van der Waals surface area contributed by atoms with E-state index < -0.39 is 0 Å². The van der Waals surface area contributed by atoms with E-state index in [2.05, 4.69) is 10.6 Å². The number of hydrogen-bond donors (Lipinski definition) is 2. The van der Waals surface area contributed by atoms with Crippen molar-refractivity contribution in [2.24, 2.45) is 5.92 Å². The molecule has 18 heavy (non-hydrogen) atoms. The monoisotopic (exact) mass is 254 g/mol. The molecule has 1 heterocycles. The number of carbonyl (C=O) groups is 1. The summed E-state index contributed by atoms with van der Waals surface area (Å²) in [6, 6.07) is 0. The summed E-state index contributed by atoms with van der Waals surface area (Å²) in [5.74, 6) is 0.642. The van der Waals surface area contributed by atoms with Crippen LogP contribution in [0.5, 0.6) is 0 Å². The Labute approximate surface area is 110 Å². The van der Waals surface area contributed by atoms with Crippen LogP contribution in [0, 0.1) is 5.92 Å². The van der Waals surface area contributed by atoms with Crippen molar-refractivity contribution in [1.29, 1.82) is 0 Å². The zero-order chi connectivity index (χ0) is 12.6. The number of carbonyl (C=O) groups excluding carboxylic acids is 1. The Morgan fingerprint density at radius 2 is 2.00 bits per heavy atom. The molecular weight excluding hydrogens is 228 g/mol. The first-order valence-electron chi connectivity index (χ1n) is 7.43. The second kappa shape index (κ2) is 7.74. The smallest absolute Gasteiger partial charge is 0.246 e. The summed E-state index contributed by atoms with van der Waals surface area (Å²) in [5.41, 5.74) is 0. The third kappa shape index (κ3) is 4.94. The van der Waals surface area contributed by atoms with Crippen LogP contribution in [0.3, 0.4) is 0 Å². The summed E-state index contributed by atoms with van der Waals surface area (Å²) < 4.78 is 5.66. The van der Waals surface area contributed by atoms with Crippen molar-refractivity contribution < 1.29 is 9.53 Å². The Balaban J connectivity index is 1.54. The minimum atomic E-state index is 0.0474. The Kier molecular flexibility index (Phi) is 5.94. The third-order valence-corrected chi connectivity index (χ3v) is 3.99. The van der Waals surface area contributed by atoms with E-state index in [0.29, 0.717) is 12.0 Å². The lowest BCUT2D eigenvalue weighted by Crippen LogP contribution is -2.39. The van der Waals surface area contributed by atoms with E-state index in [1.165, 1.54) is 32.1 Å². The van der Waals surface area contributed by atoms with Gasteiger partial charge in [-0.3, -0.25) is 4.79 Å². The first-order chi connectivity index (χ1) is 8.84. The van der Waals surface area contributed by atoms with Crippen LogP contribution in [-0.4, -0.2) is 38.3 Å². The lowest BCUT2D eigenvalue weighted by molar-refractivity contribution is -0.128. The number of ether oxygens (including phenoxy) is 1. The van der Waals surface area contributed by atoms with Crippen molar-refractivity contribution in [2.75, 3.05) is 26.2 Å². The van der Waals surface area contributed by atoms with Crippen LogP contribution in [0.1, 0.15) is 44.9 Å². The van der Waals surface area contributed by atoms with Crippen molar-refractivity contribution in [3.63, 3.8) is 0 Å². The molecule has 1 saturated carbocycles. The van der Waals surface area contributed by atoms with Gasteiger partial charge in [0.15, 0.2) is 0 Å². The summed E-state index contributed by atoms with van der Waals surface area (Å²) in [6.45, 7) is 3.18. The van der Waals surface area contributed by atoms with Gasteiger partial charge in [-0.05, 0) is 44.7 Å². The maximum Gasteiger partial charge on any atom is 0.246 e. The highest BCUT2D eigenvalue weighted by Gasteiger charge is 2.16. The highest BCUT2D eigenvalue weighted by molar-refractivity contribution is 5.77. The second-order valence-electron chi connectivity index (χ2n) is 5.59. The van der Waals surface area contributed by atoms with Crippen LogP contribution in [-0.2, 0) is 9.53 Å². The van der Waals surface area contributed by atoms with E-state index in [1.54, 1.807) is 0 Å². The highest BCUT2D eigenvalue weighted by atomic mass is 16.5. The van der Waals surface area contributed by atoms with Gasteiger partial charge >= 0.3 is 0 Å². The van der Waals surface area contributed by atoms with Gasteiger partial charge in [0.2, 0.25) is 5.91 Å². The van der Waals surface area contributed by atoms with Gasteiger partial charge in [0, 0.05) is 6.54 Å². The van der Waals surface area contributed by atoms with Gasteiger partial charge in [0.05, 0.1) is 6.10 Å². The Morgan fingerprint density at radius 3 is 2.72 bits per heavy atom. The molecule has 0 aromatic rings. The summed E-state index contributed by atoms with van der Waals surface area (Å²) in [6.07, 6.45) is 8.83. The number of nitrogens with one attached hydrogen (secondary N) is 2. The molecule has 2 rings (SSSR count). The van der Waals surface area contributed by atoms with E-state index in [1.807, 2.05) is 0 Å². The molecule has 104 valence electrons. The number of amides is 1. The van der Waals surface area contributed by atoms with Crippen molar-refractivity contribution in [3.8, 4) is 0 Å². The molecule has 4 heteroatoms. The van der Waals surface area contributed by atoms with Gasteiger partial charge in [-0.15, -0.1) is 0 Å². The van der Waals surface area contributed by atoms with Crippen LogP contribution in [0.2, 0.25) is 0 Å². The van der Waals surface area contributed by atoms with Crippen LogP contribution in [0.15, 0.2) is 0 Å². The normalized spacial score (nSPS) is 25.9. The fourth-order valence-electron chi connectivity index (χ4n) is 2.83. The van der Waals surface area contributed by atoms with Gasteiger partial charge in [0.1, 0.15) is 6.61 Å². The molecule has 0 aromatic heterocycles. The summed E-state index contributed by atoms with van der Waals surface area (Å²) in [7, 11) is 0. The maximum atomic E-state index is 11.7. The Hall–Kier alpha value is -0.610. The van der Waals surface area contributed by atoms with E-state index in [-0.39, 0.29) is 12.5 Å². The molecular formula is C14H26N2O2. The van der Waals surface area contributed by atoms with E-state index in [9.17, 15) is 4.79 Å². The average Bonchev–Trinajstić information content (AvgIpc) is 2.45. The predicted octanol–water partition coefficient (Wildman–Crippen LogP) is 1.45. The first-order valence-corrected chi connectivity index (χ1v) is 7.43. The molecule has 4 nitrogen and oxygen atoms in total. The molecule has 0 aromatic carbocycles. The lowest BCUT2D eigenvalue weighted by Gasteiger charge is -2.24. The Morgan fingerprint density at radius 1 is 1.17 bits per heavy atom. The second-order valence-corrected chi connectivity index (χ2v) is 5.59. The summed E-state index contributed by atoms with van der Waals surface area (Å²) >= 11 is 0. The molecule has 0 radical (unpaired) electrons. The fraction of sp³-hybridized carbons (Fsp3) is 0.929. The predicted molar refractivity (Wildman–Crippen MR) is 71.4 cm³/mol. The van der Waals surface area contributed by atoms with Crippen molar-refractivity contribution in [2.45, 2.75) is 51.0 Å². The molecule has 0 spiro atoms. The van der Waals surface area contributed by atoms with Gasteiger partial charge in [-0.25, -0.2) is 0 Å². The quantitative estimate of drug-likeness (QED) is 0.781. The van der Waals surface area contributed by atoms with Crippen molar-refractivity contribution >= 4 is 5.91 Å². The molecule has 1 amide bonds. The summed E-state index contributed by atoms with van der Waals surface area (Å²) in [4.78, 5) is 11.7. The lowest BCUT2D eigenvalue weighted by atomic mass is 9.98. The van der Waals surface area contributed by atoms with E-state index >= 15 is 0 Å². The van der Waals surface area contributed by atoms with E-state index in [4.69, 9.17) is 4.74 Å². The van der Waals surface area contributed by atoms with Gasteiger partial charge in [-0.1, -0.05) is 19.3 Å². The highest BCUT2D eigenvalue weighted by Crippen LogP contribution is 2.19. The standard InChI is InChI=1S/C14H26N2O2/c17-14(11-18-13-6-2-1-3-7-13)16-10-12-5-4-8-15-9-12/h12-13,15H,1-11H2,(H,16,17). The SMILES string of the molecule is O=C(COC1CCCCC1)NCC1CCCNC1. The fourth-order valence-corrected chi connectivity index (χ4v) is 2.83. The zero-order valence-corrected chi connectivity index (χ0v) is 11.2. The number of rotatable bonds is 5. The summed E-state index contributed by atoms with van der Waals surface area (Å²) in [5, 5.41) is 6.35. The van der Waals surface area contributed by atoms with Crippen LogP contribution in [0.25, 0.3) is 0 Å². The molecule has 2 aliphatic rings. The number of piperidine rings is 1. The van der Waals surface area contributed by atoms with Crippen LogP contribution in [0.4, 0.5) is 0 Å². The van der Waals surface area contributed by atoms with E-state index in [0.717, 1.165) is 32.5 Å². The molecule has 1 aliphatic carbocycles. The number of hydrogen-bond acceptors (Lipinski definition) is 3.